The maximum Gasteiger partial charge on any atom is 0.328 e. The smallest absolute Gasteiger partial charge is 0.328 e. The topological polar surface area (TPSA) is 251 Å². The van der Waals surface area contributed by atoms with Crippen molar-refractivity contribution in [3.63, 3.8) is 0 Å². The summed E-state index contributed by atoms with van der Waals surface area (Å²) in [4.78, 5) is 105. The molecule has 0 aliphatic carbocycles. The molecule has 0 unspecified atom stereocenters. The molecule has 440 valence electrons. The average Bonchev–Trinajstić information content (AvgIpc) is 1.20. The lowest BCUT2D eigenvalue weighted by Gasteiger charge is -2.39. The largest absolute Gasteiger partial charge is 0.488 e. The van der Waals surface area contributed by atoms with Gasteiger partial charge in [0.1, 0.15) is 75.5 Å². The van der Waals surface area contributed by atoms with E-state index < -0.39 is 101 Å². The highest BCUT2D eigenvalue weighted by atomic mass is 16.7. The summed E-state index contributed by atoms with van der Waals surface area (Å²) in [6.07, 6.45) is 7.49. The average molecular weight is 1150 g/mol. The molecule has 5 heterocycles. The molecule has 0 amide bonds. The fourth-order valence-electron chi connectivity index (χ4n) is 11.1. The van der Waals surface area contributed by atoms with E-state index in [1.807, 2.05) is 19.1 Å². The summed E-state index contributed by atoms with van der Waals surface area (Å²) in [6, 6.07) is 15.1. The second-order valence-electron chi connectivity index (χ2n) is 20.5. The first kappa shape index (κ1) is 58.8. The van der Waals surface area contributed by atoms with Crippen LogP contribution in [0.25, 0.3) is 5.57 Å². The van der Waals surface area contributed by atoms with Gasteiger partial charge in [0.15, 0.2) is 0 Å². The van der Waals surface area contributed by atoms with Crippen LogP contribution in [0.15, 0.2) is 48.5 Å². The van der Waals surface area contributed by atoms with Crippen LogP contribution in [-0.4, -0.2) is 140 Å². The molecule has 0 spiro atoms. The molecule has 83 heavy (non-hydrogen) atoms. The summed E-state index contributed by atoms with van der Waals surface area (Å²) < 4.78 is 63.0. The monoisotopic (exact) mass is 1150 g/mol. The van der Waals surface area contributed by atoms with Crippen LogP contribution in [0.4, 0.5) is 17.1 Å². The second-order valence-corrected chi connectivity index (χ2v) is 20.5. The lowest BCUT2D eigenvalue weighted by molar-refractivity contribution is -0.167. The number of hydrogen-bond acceptors (Lipinski definition) is 22. The van der Waals surface area contributed by atoms with Crippen LogP contribution >= 0.6 is 0 Å². The SMILES string of the molecule is CC(=O)OCOC(=O)CN(CC(=O)OCOC(C)=O)c1ccc(C)cc1OCCOc1cc(C2=c3cc4c5c(c3Oc3c2cc2c6c3CCCN6CCC2)CCC[N+]=5CCC4)ccc1N(CC(=O)OCOC(C)=O)CC(=O)OCOC(C)=O. The van der Waals surface area contributed by atoms with Gasteiger partial charge in [0.25, 0.3) is 0 Å². The Morgan fingerprint density at radius 1 is 0.530 bits per heavy atom. The van der Waals surface area contributed by atoms with E-state index in [0.29, 0.717) is 0 Å². The van der Waals surface area contributed by atoms with Crippen LogP contribution in [0.1, 0.15) is 92.3 Å². The molecule has 0 atom stereocenters. The molecule has 0 N–H and O–H groups in total. The van der Waals surface area contributed by atoms with Crippen molar-refractivity contribution in [2.75, 3.05) is 107 Å². The summed E-state index contributed by atoms with van der Waals surface area (Å²) >= 11 is 0. The zero-order valence-electron chi connectivity index (χ0n) is 47.2. The van der Waals surface area contributed by atoms with Crippen molar-refractivity contribution >= 4 is 70.4 Å². The summed E-state index contributed by atoms with van der Waals surface area (Å²) in [6.45, 7) is 5.05. The van der Waals surface area contributed by atoms with Crippen molar-refractivity contribution in [1.82, 2.24) is 4.58 Å². The molecule has 0 saturated carbocycles. The van der Waals surface area contributed by atoms with E-state index in [-0.39, 0.29) is 36.1 Å². The molecule has 5 aliphatic rings. The van der Waals surface area contributed by atoms with Crippen molar-refractivity contribution in [1.29, 1.82) is 0 Å². The summed E-state index contributed by atoms with van der Waals surface area (Å²) in [5.41, 5.74) is 9.98. The Morgan fingerprint density at radius 3 is 1.55 bits per heavy atom. The van der Waals surface area contributed by atoms with Crippen LogP contribution in [-0.2, 0) is 102 Å². The number of aryl methyl sites for hydroxylation is 3. The zero-order valence-corrected chi connectivity index (χ0v) is 47.2. The Morgan fingerprint density at radius 2 is 1.01 bits per heavy atom. The van der Waals surface area contributed by atoms with Crippen molar-refractivity contribution in [3.05, 3.63) is 98.1 Å². The molecule has 0 aromatic heterocycles. The Balaban J connectivity index is 1.12. The van der Waals surface area contributed by atoms with Crippen molar-refractivity contribution in [3.8, 4) is 23.0 Å². The fraction of sp³-hybridized carbons (Fsp3) is 0.450. The molecule has 4 aromatic carbocycles. The van der Waals surface area contributed by atoms with Gasteiger partial charge >= 0.3 is 47.8 Å². The minimum Gasteiger partial charge on any atom is -0.488 e. The Kier molecular flexibility index (Phi) is 19.0. The van der Waals surface area contributed by atoms with Gasteiger partial charge in [-0.05, 0) is 98.5 Å². The van der Waals surface area contributed by atoms with E-state index in [1.165, 1.54) is 43.1 Å². The molecule has 23 heteroatoms. The van der Waals surface area contributed by atoms with Crippen LogP contribution in [0.3, 0.4) is 0 Å². The first-order valence-corrected chi connectivity index (χ1v) is 27.6. The highest BCUT2D eigenvalue weighted by Crippen LogP contribution is 2.49. The molecule has 0 saturated heterocycles. The first-order valence-electron chi connectivity index (χ1n) is 27.6. The van der Waals surface area contributed by atoms with Gasteiger partial charge in [-0.2, -0.15) is 0 Å². The Bertz CT molecular complexity index is 3280. The lowest BCUT2D eigenvalue weighted by atomic mass is 9.82. The van der Waals surface area contributed by atoms with Gasteiger partial charge < -0.3 is 66.8 Å². The van der Waals surface area contributed by atoms with Gasteiger partial charge in [0.05, 0.1) is 16.9 Å². The number of nitrogens with zero attached hydrogens (tertiary/aromatic N) is 4. The predicted molar refractivity (Wildman–Crippen MR) is 294 cm³/mol. The third-order valence-corrected chi connectivity index (χ3v) is 14.5. The molecular formula is C60H67N4O19+. The van der Waals surface area contributed by atoms with Crippen LogP contribution in [0, 0.1) is 6.92 Å². The van der Waals surface area contributed by atoms with Crippen molar-refractivity contribution < 1.29 is 90.5 Å². The second kappa shape index (κ2) is 26.8. The van der Waals surface area contributed by atoms with E-state index in [0.717, 1.165) is 144 Å². The van der Waals surface area contributed by atoms with Crippen molar-refractivity contribution in [2.24, 2.45) is 0 Å². The molecule has 5 aliphatic heterocycles. The number of fused-ring (bicyclic) bond motifs is 4. The third-order valence-electron chi connectivity index (χ3n) is 14.5. The number of anilines is 3. The third kappa shape index (κ3) is 14.4. The highest BCUT2D eigenvalue weighted by molar-refractivity contribution is 5.91. The zero-order chi connectivity index (χ0) is 58.7. The van der Waals surface area contributed by atoms with Crippen LogP contribution < -0.4 is 44.1 Å². The Hall–Kier alpha value is -8.89. The van der Waals surface area contributed by atoms with Gasteiger partial charge in [-0.1, -0.05) is 12.1 Å². The minimum atomic E-state index is -0.873. The van der Waals surface area contributed by atoms with Gasteiger partial charge in [0, 0.05) is 86.8 Å². The Labute approximate surface area is 478 Å². The van der Waals surface area contributed by atoms with Gasteiger partial charge in [-0.3, -0.25) is 38.4 Å². The van der Waals surface area contributed by atoms with E-state index >= 15 is 0 Å². The van der Waals surface area contributed by atoms with Crippen LogP contribution in [0.5, 0.6) is 23.0 Å². The van der Waals surface area contributed by atoms with Gasteiger partial charge in [-0.25, -0.2) is 4.58 Å². The van der Waals surface area contributed by atoms with Crippen LogP contribution in [0.2, 0.25) is 0 Å². The normalized spacial score (nSPS) is 14.2. The molecule has 0 bridgehead atoms. The number of esters is 8. The minimum absolute atomic E-state index is 0.162. The fourth-order valence-corrected chi connectivity index (χ4v) is 11.1. The molecule has 9 rings (SSSR count). The number of carbonyl (C=O) groups is 8. The molecule has 0 radical (unpaired) electrons. The van der Waals surface area contributed by atoms with E-state index in [4.69, 9.17) is 52.1 Å². The molecule has 0 fully saturated rings. The number of ether oxygens (including phenoxy) is 11. The quantitative estimate of drug-likeness (QED) is 0.0280. The lowest BCUT2D eigenvalue weighted by Crippen LogP contribution is -2.45. The van der Waals surface area contributed by atoms with Crippen molar-refractivity contribution in [2.45, 2.75) is 86.0 Å². The van der Waals surface area contributed by atoms with Gasteiger partial charge in [0.2, 0.25) is 32.5 Å². The summed E-state index contributed by atoms with van der Waals surface area (Å²) in [7, 11) is 0. The van der Waals surface area contributed by atoms with Gasteiger partial charge in [-0.15, -0.1) is 0 Å². The van der Waals surface area contributed by atoms with E-state index in [2.05, 4.69) is 21.6 Å². The number of carbonyl (C=O) groups excluding carboxylic acids is 8. The maximum atomic E-state index is 13.6. The summed E-state index contributed by atoms with van der Waals surface area (Å²) in [5.74, 6) is -4.15. The highest BCUT2D eigenvalue weighted by Gasteiger charge is 2.36. The summed E-state index contributed by atoms with van der Waals surface area (Å²) in [5, 5.41) is 2.20. The molecule has 23 nitrogen and oxygen atoms in total. The number of benzene rings is 4. The number of rotatable bonds is 24. The molecule has 4 aromatic rings. The first-order chi connectivity index (χ1) is 40.0. The van der Waals surface area contributed by atoms with E-state index in [1.54, 1.807) is 24.3 Å². The molecular weight excluding hydrogens is 1080 g/mol. The van der Waals surface area contributed by atoms with E-state index in [9.17, 15) is 38.4 Å². The standard InChI is InChI=1S/C60H67N4O19/c1-36-14-16-48(63(28-52(69)79-32-75-37(2)65)29-53(70)80-33-76-38(3)66)50(24-36)73-22-23-74-51-27-41(15-17-49(51)64(30-54(71)81-34-77-39(4)67)31-55(72)82-35-78-40(5)68)56-46-25-42-10-6-18-61-20-8-12-44(57(42)61)59(46)83-60-45-13-9-21-62-19-7-11-43(58(45)62)26-47(56)60/h14-17,24-27H,6-13,18-23,28-35H2,1-5H3/q+1. The maximum absolute atomic E-state index is 13.6. The number of hydrogen-bond donors (Lipinski definition) is 0. The predicted octanol–water partition coefficient (Wildman–Crippen LogP) is 3.76.